The minimum Gasteiger partial charge on any atom is -0.460 e. The molecule has 82 valence electrons. The maximum absolute atomic E-state index is 12.9. The predicted molar refractivity (Wildman–Crippen MR) is 61.1 cm³/mol. The number of hydrogen-bond acceptors (Lipinski definition) is 2. The van der Waals surface area contributed by atoms with E-state index in [1.165, 1.54) is 12.1 Å². The summed E-state index contributed by atoms with van der Waals surface area (Å²) >= 11 is 0. The van der Waals surface area contributed by atoms with Crippen LogP contribution in [0.25, 0.3) is 0 Å². The highest BCUT2D eigenvalue weighted by Crippen LogP contribution is 2.06. The first-order valence-corrected chi connectivity index (χ1v) is 5.05. The molecule has 0 aliphatic rings. The number of halogens is 1. The van der Waals surface area contributed by atoms with E-state index in [1.807, 2.05) is 25.1 Å². The predicted octanol–water partition coefficient (Wildman–Crippen LogP) is 3.35. The van der Waals surface area contributed by atoms with Crippen LogP contribution in [0.15, 0.2) is 45.8 Å². The van der Waals surface area contributed by atoms with Gasteiger partial charge in [-0.05, 0) is 36.8 Å². The summed E-state index contributed by atoms with van der Waals surface area (Å²) in [6, 6.07) is 10.1. The third-order valence-corrected chi connectivity index (χ3v) is 2.14. The number of furan rings is 1. The number of nitrogens with zero attached hydrogens (tertiary/aromatic N) is 1. The normalized spacial score (nSPS) is 11.1. The first kappa shape index (κ1) is 10.6. The lowest BCUT2D eigenvalue weighted by Crippen LogP contribution is -1.84. The molecule has 0 amide bonds. The van der Waals surface area contributed by atoms with Crippen LogP contribution < -0.4 is 0 Å². The highest BCUT2D eigenvalue weighted by atomic mass is 19.1. The van der Waals surface area contributed by atoms with Crippen molar-refractivity contribution in [2.24, 2.45) is 4.99 Å². The van der Waals surface area contributed by atoms with E-state index in [0.717, 1.165) is 11.3 Å². The monoisotopic (exact) mass is 217 g/mol. The van der Waals surface area contributed by atoms with Crippen molar-refractivity contribution >= 4 is 6.21 Å². The molecule has 1 heterocycles. The van der Waals surface area contributed by atoms with Crippen LogP contribution in [0.5, 0.6) is 0 Å². The molecule has 0 fully saturated rings. The van der Waals surface area contributed by atoms with E-state index >= 15 is 0 Å². The molecule has 0 unspecified atom stereocenters. The fraction of sp³-hybridized carbons (Fsp3) is 0.154. The van der Waals surface area contributed by atoms with Gasteiger partial charge in [0.1, 0.15) is 17.3 Å². The van der Waals surface area contributed by atoms with Crippen molar-refractivity contribution < 1.29 is 8.81 Å². The van der Waals surface area contributed by atoms with Crippen molar-refractivity contribution in [3.63, 3.8) is 0 Å². The number of aryl methyl sites for hydroxylation is 1. The molecule has 2 rings (SSSR count). The molecule has 1 aromatic carbocycles. The van der Waals surface area contributed by atoms with Crippen molar-refractivity contribution in [1.29, 1.82) is 0 Å². The summed E-state index contributed by atoms with van der Waals surface area (Å²) in [6.45, 7) is 2.33. The molecule has 0 radical (unpaired) electrons. The van der Waals surface area contributed by atoms with Crippen LogP contribution in [0.2, 0.25) is 0 Å². The second-order valence-corrected chi connectivity index (χ2v) is 3.55. The Labute approximate surface area is 93.4 Å². The first-order chi connectivity index (χ1) is 7.74. The second kappa shape index (κ2) is 4.75. The van der Waals surface area contributed by atoms with Crippen LogP contribution in [0.1, 0.15) is 17.1 Å². The number of benzene rings is 1. The van der Waals surface area contributed by atoms with E-state index in [-0.39, 0.29) is 5.82 Å². The summed E-state index contributed by atoms with van der Waals surface area (Å²) in [6.07, 6.45) is 1.65. The van der Waals surface area contributed by atoms with Crippen LogP contribution in [0.4, 0.5) is 4.39 Å². The van der Waals surface area contributed by atoms with Gasteiger partial charge in [-0.1, -0.05) is 12.1 Å². The number of rotatable bonds is 3. The molecule has 0 saturated carbocycles. The summed E-state index contributed by atoms with van der Waals surface area (Å²) in [5.41, 5.74) is 0.847. The van der Waals surface area contributed by atoms with Gasteiger partial charge in [-0.15, -0.1) is 0 Å². The standard InChI is InChI=1S/C13H12FNO/c1-10-5-6-13(16-10)9-15-8-11-3-2-4-12(14)7-11/h2-7,9H,8H2,1H3. The lowest BCUT2D eigenvalue weighted by Gasteiger charge is -1.95. The molecule has 1 aromatic heterocycles. The minimum atomic E-state index is -0.235. The van der Waals surface area contributed by atoms with Crippen molar-refractivity contribution in [3.05, 3.63) is 59.3 Å². The molecular weight excluding hydrogens is 205 g/mol. The van der Waals surface area contributed by atoms with Gasteiger partial charge < -0.3 is 4.42 Å². The Balaban J connectivity index is 1.99. The average molecular weight is 217 g/mol. The van der Waals surface area contributed by atoms with Crippen LogP contribution in [-0.4, -0.2) is 6.21 Å². The largest absolute Gasteiger partial charge is 0.460 e. The van der Waals surface area contributed by atoms with E-state index < -0.39 is 0 Å². The fourth-order valence-electron chi connectivity index (χ4n) is 1.40. The molecule has 3 heteroatoms. The highest BCUT2D eigenvalue weighted by Gasteiger charge is 1.95. The lowest BCUT2D eigenvalue weighted by molar-refractivity contribution is 0.527. The summed E-state index contributed by atoms with van der Waals surface area (Å²) in [7, 11) is 0. The summed E-state index contributed by atoms with van der Waals surface area (Å²) in [5.74, 6) is 1.34. The van der Waals surface area contributed by atoms with Gasteiger partial charge in [-0.2, -0.15) is 0 Å². The molecule has 2 nitrogen and oxygen atoms in total. The van der Waals surface area contributed by atoms with Crippen molar-refractivity contribution in [1.82, 2.24) is 0 Å². The van der Waals surface area contributed by atoms with Crippen molar-refractivity contribution in [3.8, 4) is 0 Å². The zero-order chi connectivity index (χ0) is 11.4. The van der Waals surface area contributed by atoms with E-state index in [1.54, 1.807) is 12.3 Å². The summed E-state index contributed by atoms with van der Waals surface area (Å²) in [5, 5.41) is 0. The van der Waals surface area contributed by atoms with Gasteiger partial charge in [0.25, 0.3) is 0 Å². The Morgan fingerprint density at radius 2 is 2.19 bits per heavy atom. The average Bonchev–Trinajstić information content (AvgIpc) is 2.64. The number of aliphatic imine (C=N–C) groups is 1. The topological polar surface area (TPSA) is 25.5 Å². The van der Waals surface area contributed by atoms with Crippen molar-refractivity contribution in [2.45, 2.75) is 13.5 Å². The molecule has 0 bridgehead atoms. The van der Waals surface area contributed by atoms with Gasteiger partial charge in [0.15, 0.2) is 0 Å². The zero-order valence-electron chi connectivity index (χ0n) is 8.98. The second-order valence-electron chi connectivity index (χ2n) is 3.55. The molecule has 0 aliphatic heterocycles. The molecule has 2 aromatic rings. The van der Waals surface area contributed by atoms with Gasteiger partial charge in [0.05, 0.1) is 12.8 Å². The molecule has 16 heavy (non-hydrogen) atoms. The van der Waals surface area contributed by atoms with Crippen LogP contribution in [0, 0.1) is 12.7 Å². The van der Waals surface area contributed by atoms with Crippen LogP contribution >= 0.6 is 0 Å². The number of hydrogen-bond donors (Lipinski definition) is 0. The van der Waals surface area contributed by atoms with Gasteiger partial charge in [-0.3, -0.25) is 4.99 Å². The van der Waals surface area contributed by atoms with Gasteiger partial charge >= 0.3 is 0 Å². The molecule has 0 spiro atoms. The van der Waals surface area contributed by atoms with Crippen LogP contribution in [-0.2, 0) is 6.54 Å². The highest BCUT2D eigenvalue weighted by molar-refractivity contribution is 5.75. The maximum Gasteiger partial charge on any atom is 0.144 e. The molecule has 0 aliphatic carbocycles. The molecule has 0 N–H and O–H groups in total. The SMILES string of the molecule is Cc1ccc(C=NCc2cccc(F)c2)o1. The van der Waals surface area contributed by atoms with E-state index in [0.29, 0.717) is 12.3 Å². The van der Waals surface area contributed by atoms with E-state index in [4.69, 9.17) is 4.42 Å². The minimum absolute atomic E-state index is 0.235. The molecular formula is C13H12FNO. The Morgan fingerprint density at radius 1 is 1.31 bits per heavy atom. The Bertz CT molecular complexity index is 502. The maximum atomic E-state index is 12.9. The smallest absolute Gasteiger partial charge is 0.144 e. The van der Waals surface area contributed by atoms with E-state index in [9.17, 15) is 4.39 Å². The summed E-state index contributed by atoms with van der Waals surface area (Å²) < 4.78 is 18.2. The molecule has 0 atom stereocenters. The lowest BCUT2D eigenvalue weighted by atomic mass is 10.2. The van der Waals surface area contributed by atoms with Gasteiger partial charge in [0.2, 0.25) is 0 Å². The third kappa shape index (κ3) is 2.79. The Morgan fingerprint density at radius 3 is 2.88 bits per heavy atom. The quantitative estimate of drug-likeness (QED) is 0.724. The zero-order valence-corrected chi connectivity index (χ0v) is 8.98. The third-order valence-electron chi connectivity index (χ3n) is 2.14. The first-order valence-electron chi connectivity index (χ1n) is 5.05. The van der Waals surface area contributed by atoms with Crippen LogP contribution in [0.3, 0.4) is 0 Å². The van der Waals surface area contributed by atoms with Gasteiger partial charge in [-0.25, -0.2) is 4.39 Å². The van der Waals surface area contributed by atoms with Gasteiger partial charge in [0, 0.05) is 0 Å². The molecule has 0 saturated heterocycles. The van der Waals surface area contributed by atoms with Crippen molar-refractivity contribution in [2.75, 3.05) is 0 Å². The summed E-state index contributed by atoms with van der Waals surface area (Å²) in [4.78, 5) is 4.18. The van der Waals surface area contributed by atoms with E-state index in [2.05, 4.69) is 4.99 Å². The Hall–Kier alpha value is -1.90. The Kier molecular flexibility index (Phi) is 3.15. The fourth-order valence-corrected chi connectivity index (χ4v) is 1.40.